The zero-order valence-electron chi connectivity index (χ0n) is 12.6. The standard InChI is InChI=1S/C16H26O/c1-11-9-10-12(15(2,3)4)14(17-8)13(11)16(5,6)7/h9-10H,1-8H3. The summed E-state index contributed by atoms with van der Waals surface area (Å²) in [5.41, 5.74) is 4.14. The highest BCUT2D eigenvalue weighted by Crippen LogP contribution is 2.41. The average Bonchev–Trinajstić information content (AvgIpc) is 2.12. The van der Waals surface area contributed by atoms with Crippen LogP contribution in [-0.4, -0.2) is 7.11 Å². The topological polar surface area (TPSA) is 9.23 Å². The van der Waals surface area contributed by atoms with Crippen molar-refractivity contribution >= 4 is 0 Å². The van der Waals surface area contributed by atoms with Crippen LogP contribution in [0.5, 0.6) is 5.75 Å². The Balaban J connectivity index is 3.60. The van der Waals surface area contributed by atoms with E-state index in [2.05, 4.69) is 60.6 Å². The van der Waals surface area contributed by atoms with Gasteiger partial charge in [0.05, 0.1) is 7.11 Å². The molecule has 0 aliphatic heterocycles. The predicted molar refractivity (Wildman–Crippen MR) is 75.1 cm³/mol. The van der Waals surface area contributed by atoms with Crippen LogP contribution in [0.1, 0.15) is 58.2 Å². The number of hydrogen-bond acceptors (Lipinski definition) is 1. The monoisotopic (exact) mass is 234 g/mol. The first-order chi connectivity index (χ1) is 7.59. The predicted octanol–water partition coefficient (Wildman–Crippen LogP) is 4.60. The van der Waals surface area contributed by atoms with Crippen molar-refractivity contribution in [3.8, 4) is 5.75 Å². The van der Waals surface area contributed by atoms with Gasteiger partial charge in [0.25, 0.3) is 0 Å². The molecule has 0 saturated carbocycles. The van der Waals surface area contributed by atoms with Crippen molar-refractivity contribution in [2.45, 2.75) is 59.3 Å². The SMILES string of the molecule is COc1c(C(C)(C)C)ccc(C)c1C(C)(C)C. The maximum Gasteiger partial charge on any atom is 0.126 e. The molecule has 1 aromatic carbocycles. The van der Waals surface area contributed by atoms with Crippen LogP contribution >= 0.6 is 0 Å². The second-order valence-corrected chi connectivity index (χ2v) is 6.84. The molecular formula is C16H26O. The highest BCUT2D eigenvalue weighted by Gasteiger charge is 2.27. The van der Waals surface area contributed by atoms with E-state index in [1.807, 2.05) is 0 Å². The van der Waals surface area contributed by atoms with Crippen LogP contribution in [-0.2, 0) is 10.8 Å². The van der Waals surface area contributed by atoms with E-state index in [1.54, 1.807) is 7.11 Å². The van der Waals surface area contributed by atoms with Crippen LogP contribution < -0.4 is 4.74 Å². The maximum atomic E-state index is 5.71. The first kappa shape index (κ1) is 14.1. The summed E-state index contributed by atoms with van der Waals surface area (Å²) in [6.45, 7) is 15.6. The van der Waals surface area contributed by atoms with Gasteiger partial charge in [0.1, 0.15) is 5.75 Å². The van der Waals surface area contributed by atoms with Gasteiger partial charge in [-0.1, -0.05) is 53.7 Å². The van der Waals surface area contributed by atoms with Gasteiger partial charge in [-0.15, -0.1) is 0 Å². The molecule has 0 aliphatic carbocycles. The Hall–Kier alpha value is -0.980. The second kappa shape index (κ2) is 4.36. The highest BCUT2D eigenvalue weighted by molar-refractivity contribution is 5.52. The van der Waals surface area contributed by atoms with Crippen molar-refractivity contribution in [3.63, 3.8) is 0 Å². The second-order valence-electron chi connectivity index (χ2n) is 6.84. The summed E-state index contributed by atoms with van der Waals surface area (Å²) in [5.74, 6) is 1.06. The molecule has 0 unspecified atom stereocenters. The normalized spacial score (nSPS) is 12.7. The van der Waals surface area contributed by atoms with Gasteiger partial charge in [0.15, 0.2) is 0 Å². The van der Waals surface area contributed by atoms with Crippen molar-refractivity contribution in [1.29, 1.82) is 0 Å². The fourth-order valence-corrected chi connectivity index (χ4v) is 2.42. The molecule has 0 fully saturated rings. The summed E-state index contributed by atoms with van der Waals surface area (Å²) < 4.78 is 5.71. The summed E-state index contributed by atoms with van der Waals surface area (Å²) in [6, 6.07) is 4.41. The van der Waals surface area contributed by atoms with E-state index in [-0.39, 0.29) is 10.8 Å². The molecule has 0 aliphatic rings. The summed E-state index contributed by atoms with van der Waals surface area (Å²) in [5, 5.41) is 0. The van der Waals surface area contributed by atoms with E-state index in [4.69, 9.17) is 4.74 Å². The van der Waals surface area contributed by atoms with Crippen LogP contribution in [0, 0.1) is 6.92 Å². The van der Waals surface area contributed by atoms with E-state index < -0.39 is 0 Å². The zero-order valence-corrected chi connectivity index (χ0v) is 12.6. The lowest BCUT2D eigenvalue weighted by Gasteiger charge is -2.30. The molecule has 0 radical (unpaired) electrons. The van der Waals surface area contributed by atoms with Crippen LogP contribution in [0.2, 0.25) is 0 Å². The Morgan fingerprint density at radius 3 is 1.76 bits per heavy atom. The first-order valence-corrected chi connectivity index (χ1v) is 6.27. The Morgan fingerprint density at radius 2 is 1.41 bits per heavy atom. The zero-order chi connectivity index (χ0) is 13.4. The number of hydrogen-bond donors (Lipinski definition) is 0. The molecule has 0 atom stereocenters. The molecule has 0 spiro atoms. The van der Waals surface area contributed by atoms with Gasteiger partial charge < -0.3 is 4.74 Å². The lowest BCUT2D eigenvalue weighted by atomic mass is 9.77. The average molecular weight is 234 g/mol. The van der Waals surface area contributed by atoms with E-state index in [0.29, 0.717) is 0 Å². The van der Waals surface area contributed by atoms with Gasteiger partial charge in [-0.05, 0) is 28.9 Å². The molecule has 0 heterocycles. The van der Waals surface area contributed by atoms with Crippen LogP contribution in [0.15, 0.2) is 12.1 Å². The molecule has 96 valence electrons. The quantitative estimate of drug-likeness (QED) is 0.690. The van der Waals surface area contributed by atoms with Crippen molar-refractivity contribution < 1.29 is 4.74 Å². The summed E-state index contributed by atoms with van der Waals surface area (Å²) in [4.78, 5) is 0. The summed E-state index contributed by atoms with van der Waals surface area (Å²) in [6.07, 6.45) is 0. The van der Waals surface area contributed by atoms with Gasteiger partial charge in [-0.2, -0.15) is 0 Å². The van der Waals surface area contributed by atoms with E-state index >= 15 is 0 Å². The summed E-state index contributed by atoms with van der Waals surface area (Å²) in [7, 11) is 1.78. The van der Waals surface area contributed by atoms with Gasteiger partial charge in [-0.3, -0.25) is 0 Å². The lowest BCUT2D eigenvalue weighted by Crippen LogP contribution is -2.20. The number of methoxy groups -OCH3 is 1. The minimum absolute atomic E-state index is 0.108. The van der Waals surface area contributed by atoms with E-state index in [1.165, 1.54) is 16.7 Å². The molecular weight excluding hydrogens is 208 g/mol. The van der Waals surface area contributed by atoms with Gasteiger partial charge >= 0.3 is 0 Å². The van der Waals surface area contributed by atoms with Crippen LogP contribution in [0.3, 0.4) is 0 Å². The smallest absolute Gasteiger partial charge is 0.126 e. The van der Waals surface area contributed by atoms with Crippen molar-refractivity contribution in [3.05, 3.63) is 28.8 Å². The maximum absolute atomic E-state index is 5.71. The number of rotatable bonds is 1. The Labute approximate surface area is 106 Å². The number of ether oxygens (including phenoxy) is 1. The van der Waals surface area contributed by atoms with Crippen LogP contribution in [0.4, 0.5) is 0 Å². The third kappa shape index (κ3) is 2.83. The molecule has 17 heavy (non-hydrogen) atoms. The summed E-state index contributed by atoms with van der Waals surface area (Å²) >= 11 is 0. The molecule has 1 heteroatoms. The minimum atomic E-state index is 0.108. The fourth-order valence-electron chi connectivity index (χ4n) is 2.42. The number of benzene rings is 1. The van der Waals surface area contributed by atoms with Crippen LogP contribution in [0.25, 0.3) is 0 Å². The number of aryl methyl sites for hydroxylation is 1. The third-order valence-electron chi connectivity index (χ3n) is 3.13. The van der Waals surface area contributed by atoms with Gasteiger partial charge in [0.2, 0.25) is 0 Å². The van der Waals surface area contributed by atoms with E-state index in [0.717, 1.165) is 5.75 Å². The Bertz CT molecular complexity index is 403. The molecule has 0 amide bonds. The van der Waals surface area contributed by atoms with E-state index in [9.17, 15) is 0 Å². The molecule has 1 aromatic rings. The van der Waals surface area contributed by atoms with Gasteiger partial charge in [-0.25, -0.2) is 0 Å². The fraction of sp³-hybridized carbons (Fsp3) is 0.625. The largest absolute Gasteiger partial charge is 0.496 e. The van der Waals surface area contributed by atoms with Crippen molar-refractivity contribution in [1.82, 2.24) is 0 Å². The molecule has 0 saturated heterocycles. The van der Waals surface area contributed by atoms with Crippen molar-refractivity contribution in [2.75, 3.05) is 7.11 Å². The Kier molecular flexibility index (Phi) is 3.61. The Morgan fingerprint density at radius 1 is 0.882 bits per heavy atom. The lowest BCUT2D eigenvalue weighted by molar-refractivity contribution is 0.380. The minimum Gasteiger partial charge on any atom is -0.496 e. The van der Waals surface area contributed by atoms with Crippen molar-refractivity contribution in [2.24, 2.45) is 0 Å². The molecule has 0 aromatic heterocycles. The molecule has 1 nitrogen and oxygen atoms in total. The molecule has 1 rings (SSSR count). The highest BCUT2D eigenvalue weighted by atomic mass is 16.5. The van der Waals surface area contributed by atoms with Gasteiger partial charge in [0, 0.05) is 5.56 Å². The molecule has 0 bridgehead atoms. The molecule has 0 N–H and O–H groups in total. The first-order valence-electron chi connectivity index (χ1n) is 6.27. The third-order valence-corrected chi connectivity index (χ3v) is 3.13.